The normalized spacial score (nSPS) is 16.8. The van der Waals surface area contributed by atoms with E-state index in [1.165, 1.54) is 0 Å². The van der Waals surface area contributed by atoms with Gasteiger partial charge in [-0.05, 0) is 30.2 Å². The molecule has 0 atom stereocenters. The Hall–Kier alpha value is -3.13. The van der Waals surface area contributed by atoms with E-state index in [0.29, 0.717) is 18.7 Å². The standard InChI is InChI=1S/C24H29N5O3/c1-3-16-12-20-21(15-29(10-11-30)24(20)31)26-23(16)28-8-6-18(7-9-28)32-19-5-4-17-14-25-27(2)22(17)13-19/h4-5,12-14,18,30H,3,6-11,15H2,1-2H3. The molecule has 5 rings (SSSR count). The van der Waals surface area contributed by atoms with E-state index in [9.17, 15) is 9.90 Å². The van der Waals surface area contributed by atoms with Crippen molar-refractivity contribution < 1.29 is 14.6 Å². The van der Waals surface area contributed by atoms with Crippen LogP contribution in [0, 0.1) is 0 Å². The summed E-state index contributed by atoms with van der Waals surface area (Å²) in [7, 11) is 1.94. The number of amides is 1. The number of aliphatic hydroxyl groups is 1. The average Bonchev–Trinajstić information content (AvgIpc) is 3.33. The number of carbonyl (C=O) groups excluding carboxylic acids is 1. The van der Waals surface area contributed by atoms with E-state index in [1.807, 2.05) is 30.1 Å². The van der Waals surface area contributed by atoms with E-state index >= 15 is 0 Å². The molecule has 0 spiro atoms. The van der Waals surface area contributed by atoms with Crippen LogP contribution in [0.15, 0.2) is 30.5 Å². The summed E-state index contributed by atoms with van der Waals surface area (Å²) >= 11 is 0. The monoisotopic (exact) mass is 435 g/mol. The minimum Gasteiger partial charge on any atom is -0.490 e. The number of anilines is 1. The molecule has 2 aliphatic rings. The number of aryl methyl sites for hydroxylation is 2. The third kappa shape index (κ3) is 3.68. The smallest absolute Gasteiger partial charge is 0.256 e. The van der Waals surface area contributed by atoms with E-state index in [1.54, 1.807) is 4.90 Å². The summed E-state index contributed by atoms with van der Waals surface area (Å²) < 4.78 is 8.16. The topological polar surface area (TPSA) is 83.7 Å². The molecule has 3 aromatic rings. The maximum Gasteiger partial charge on any atom is 0.256 e. The molecule has 168 valence electrons. The number of nitrogens with zero attached hydrogens (tertiary/aromatic N) is 5. The molecule has 8 nitrogen and oxygen atoms in total. The van der Waals surface area contributed by atoms with Crippen molar-refractivity contribution in [3.05, 3.63) is 47.3 Å². The maximum absolute atomic E-state index is 12.6. The van der Waals surface area contributed by atoms with Crippen molar-refractivity contribution >= 4 is 22.6 Å². The lowest BCUT2D eigenvalue weighted by Gasteiger charge is -2.34. The first kappa shape index (κ1) is 20.8. The van der Waals surface area contributed by atoms with Crippen molar-refractivity contribution in [1.29, 1.82) is 0 Å². The van der Waals surface area contributed by atoms with Gasteiger partial charge in [-0.15, -0.1) is 0 Å². The van der Waals surface area contributed by atoms with E-state index < -0.39 is 0 Å². The fraction of sp³-hybridized carbons (Fsp3) is 0.458. The third-order valence-electron chi connectivity index (χ3n) is 6.53. The molecule has 2 aliphatic heterocycles. The van der Waals surface area contributed by atoms with Crippen LogP contribution < -0.4 is 9.64 Å². The molecule has 0 radical (unpaired) electrons. The van der Waals surface area contributed by atoms with Gasteiger partial charge >= 0.3 is 0 Å². The van der Waals surface area contributed by atoms with Gasteiger partial charge in [-0.2, -0.15) is 5.10 Å². The quantitative estimate of drug-likeness (QED) is 0.641. The maximum atomic E-state index is 12.6. The van der Waals surface area contributed by atoms with Gasteiger partial charge in [0.05, 0.1) is 36.1 Å². The highest BCUT2D eigenvalue weighted by molar-refractivity contribution is 5.98. The van der Waals surface area contributed by atoms with Crippen LogP contribution in [0.1, 0.15) is 41.4 Å². The minimum atomic E-state index is -0.0335. The molecule has 1 amide bonds. The first-order valence-corrected chi connectivity index (χ1v) is 11.3. The van der Waals surface area contributed by atoms with Gasteiger partial charge in [0, 0.05) is 51.0 Å². The second-order valence-corrected chi connectivity index (χ2v) is 8.56. The summed E-state index contributed by atoms with van der Waals surface area (Å²) in [4.78, 5) is 21.5. The Bertz CT molecular complexity index is 1150. The number of fused-ring (bicyclic) bond motifs is 2. The van der Waals surface area contributed by atoms with E-state index in [-0.39, 0.29) is 18.6 Å². The lowest BCUT2D eigenvalue weighted by Crippen LogP contribution is -2.39. The molecule has 0 unspecified atom stereocenters. The number of carbonyl (C=O) groups is 1. The molecule has 1 fully saturated rings. The fourth-order valence-corrected chi connectivity index (χ4v) is 4.72. The molecule has 0 bridgehead atoms. The van der Waals surface area contributed by atoms with Crippen molar-refractivity contribution in [3.63, 3.8) is 0 Å². The molecule has 1 aromatic carbocycles. The van der Waals surface area contributed by atoms with Crippen LogP contribution in [0.2, 0.25) is 0 Å². The predicted octanol–water partition coefficient (Wildman–Crippen LogP) is 2.53. The Labute approximate surface area is 187 Å². The first-order chi connectivity index (χ1) is 15.6. The molecule has 1 saturated heterocycles. The average molecular weight is 436 g/mol. The third-order valence-corrected chi connectivity index (χ3v) is 6.53. The molecule has 8 heteroatoms. The number of aliphatic hydroxyl groups excluding tert-OH is 1. The highest BCUT2D eigenvalue weighted by Crippen LogP contribution is 2.31. The van der Waals surface area contributed by atoms with Crippen LogP contribution in [0.3, 0.4) is 0 Å². The summed E-state index contributed by atoms with van der Waals surface area (Å²) in [6.07, 6.45) is 4.69. The van der Waals surface area contributed by atoms with Crippen LogP contribution in [0.25, 0.3) is 10.9 Å². The van der Waals surface area contributed by atoms with Gasteiger partial charge in [0.1, 0.15) is 17.7 Å². The fourth-order valence-electron chi connectivity index (χ4n) is 4.72. The van der Waals surface area contributed by atoms with Gasteiger partial charge in [-0.3, -0.25) is 9.48 Å². The summed E-state index contributed by atoms with van der Waals surface area (Å²) in [6, 6.07) is 8.13. The van der Waals surface area contributed by atoms with Crippen LogP contribution in [0.4, 0.5) is 5.82 Å². The highest BCUT2D eigenvalue weighted by atomic mass is 16.5. The Morgan fingerprint density at radius 1 is 1.22 bits per heavy atom. The number of ether oxygens (including phenoxy) is 1. The van der Waals surface area contributed by atoms with Crippen LogP contribution >= 0.6 is 0 Å². The van der Waals surface area contributed by atoms with Crippen molar-refractivity contribution in [2.45, 2.75) is 38.8 Å². The van der Waals surface area contributed by atoms with Gasteiger partial charge in [-0.25, -0.2) is 4.98 Å². The molecule has 4 heterocycles. The number of aromatic nitrogens is 3. The Balaban J connectivity index is 1.28. The molecule has 2 aromatic heterocycles. The molecular formula is C24H29N5O3. The predicted molar refractivity (Wildman–Crippen MR) is 122 cm³/mol. The molecule has 32 heavy (non-hydrogen) atoms. The lowest BCUT2D eigenvalue weighted by molar-refractivity contribution is 0.0745. The zero-order valence-electron chi connectivity index (χ0n) is 18.6. The second-order valence-electron chi connectivity index (χ2n) is 8.56. The minimum absolute atomic E-state index is 0.0275. The van der Waals surface area contributed by atoms with E-state index in [2.05, 4.69) is 29.1 Å². The van der Waals surface area contributed by atoms with Gasteiger partial charge in [0.2, 0.25) is 0 Å². The molecule has 1 N–H and O–H groups in total. The number of β-amino-alcohol motifs (C(OH)–C–C–N with tert-alkyl or cyclic N) is 1. The number of benzene rings is 1. The summed E-state index contributed by atoms with van der Waals surface area (Å²) in [5.41, 5.74) is 3.67. The van der Waals surface area contributed by atoms with Gasteiger partial charge in [-0.1, -0.05) is 6.92 Å². The summed E-state index contributed by atoms with van der Waals surface area (Å²) in [5.74, 6) is 1.84. The van der Waals surface area contributed by atoms with Crippen molar-refractivity contribution in [2.24, 2.45) is 7.05 Å². The zero-order chi connectivity index (χ0) is 22.2. The number of pyridine rings is 1. The first-order valence-electron chi connectivity index (χ1n) is 11.3. The molecule has 0 aliphatic carbocycles. The summed E-state index contributed by atoms with van der Waals surface area (Å²) in [5, 5.41) is 14.6. The number of hydrogen-bond donors (Lipinski definition) is 1. The molecular weight excluding hydrogens is 406 g/mol. The van der Waals surface area contributed by atoms with Gasteiger partial charge in [0.15, 0.2) is 0 Å². The second kappa shape index (κ2) is 8.43. The van der Waals surface area contributed by atoms with Crippen molar-refractivity contribution in [3.8, 4) is 5.75 Å². The van der Waals surface area contributed by atoms with E-state index in [0.717, 1.165) is 66.1 Å². The highest BCUT2D eigenvalue weighted by Gasteiger charge is 2.31. The van der Waals surface area contributed by atoms with Crippen molar-refractivity contribution in [1.82, 2.24) is 19.7 Å². The van der Waals surface area contributed by atoms with Crippen LogP contribution in [-0.2, 0) is 20.0 Å². The van der Waals surface area contributed by atoms with Crippen molar-refractivity contribution in [2.75, 3.05) is 31.1 Å². The largest absolute Gasteiger partial charge is 0.490 e. The van der Waals surface area contributed by atoms with Gasteiger partial charge in [0.25, 0.3) is 5.91 Å². The number of rotatable bonds is 6. The van der Waals surface area contributed by atoms with Crippen LogP contribution in [0.5, 0.6) is 5.75 Å². The Kier molecular flexibility index (Phi) is 5.46. The Morgan fingerprint density at radius 3 is 2.78 bits per heavy atom. The number of piperidine rings is 1. The van der Waals surface area contributed by atoms with E-state index in [4.69, 9.17) is 9.72 Å². The van der Waals surface area contributed by atoms with Crippen LogP contribution in [-0.4, -0.2) is 63.0 Å². The lowest BCUT2D eigenvalue weighted by atomic mass is 10.0. The summed E-state index contributed by atoms with van der Waals surface area (Å²) in [6.45, 7) is 4.62. The number of hydrogen-bond acceptors (Lipinski definition) is 6. The zero-order valence-corrected chi connectivity index (χ0v) is 18.6. The SMILES string of the molecule is CCc1cc2c(nc1N1CCC(Oc3ccc4cnn(C)c4c3)CC1)CN(CCO)C2=O. The molecule has 0 saturated carbocycles. The van der Waals surface area contributed by atoms with Gasteiger partial charge < -0.3 is 19.6 Å². The Morgan fingerprint density at radius 2 is 2.03 bits per heavy atom.